The number of rotatable bonds is 17. The fourth-order valence-electron chi connectivity index (χ4n) is 8.32. The summed E-state index contributed by atoms with van der Waals surface area (Å²) in [5, 5.41) is 63.8. The third-order valence-electron chi connectivity index (χ3n) is 11.5. The molecule has 3 aliphatic rings. The number of carbonyl (C=O) groups is 6. The zero-order chi connectivity index (χ0) is 59.7. The van der Waals surface area contributed by atoms with Gasteiger partial charge in [-0.3, -0.25) is 4.79 Å². The third-order valence-corrected chi connectivity index (χ3v) is 11.5. The molecule has 1 saturated carbocycles. The minimum Gasteiger partial charge on any atom is -0.466 e. The normalized spacial score (nSPS) is 27.6. The second-order valence-electron chi connectivity index (χ2n) is 26.0. The summed E-state index contributed by atoms with van der Waals surface area (Å²) in [5.74, 6) is -0.732. The number of hydrogen-bond acceptors (Lipinski definition) is 20. The van der Waals surface area contributed by atoms with E-state index in [1.807, 2.05) is 13.8 Å². The standard InChI is InChI=1S/C52H93N7O19/c1-46(2,3)74-41(64)54-24-32(60)38(63)56-30-22-31(58-44(67)77-49(10,11)12)36(33(61)35(30)73-40-34(62)37(52(18,69)27-70-40)59(19)45(68)78-50(13,14)15)72-39-29(57-43(66)76-48(7,8)9)21-20-28(71-39)23-53-25-51(16,17)26-55-42(65)75-47(4,5)6/h20,29-37,39-40,53,60-62,69H,21-27H2,1-19H3,(H,54,64)(H,55,65)(H,56,63)(H,57,66)(H,58,67)/t29-,30-,31+,32+,33-,34-,35+,36-,37-,39-,40-,52+/m1/s1. The second-order valence-corrected chi connectivity index (χ2v) is 26.0. The molecule has 78 heavy (non-hydrogen) atoms. The van der Waals surface area contributed by atoms with E-state index in [2.05, 4.69) is 31.9 Å². The Balaban J connectivity index is 2.11. The van der Waals surface area contributed by atoms with Gasteiger partial charge in [-0.25, -0.2) is 24.0 Å². The maximum absolute atomic E-state index is 13.9. The van der Waals surface area contributed by atoms with E-state index in [0.29, 0.717) is 12.3 Å². The first kappa shape index (κ1) is 67.3. The predicted molar refractivity (Wildman–Crippen MR) is 281 cm³/mol. The van der Waals surface area contributed by atoms with Crippen molar-refractivity contribution < 1.29 is 91.8 Å². The Bertz CT molecular complexity index is 2070. The number of aliphatic hydroxyl groups is 4. The van der Waals surface area contributed by atoms with Gasteiger partial charge in [0.2, 0.25) is 6.29 Å². The molecule has 0 aromatic carbocycles. The van der Waals surface area contributed by atoms with E-state index in [0.717, 1.165) is 4.90 Å². The molecule has 0 radical (unpaired) electrons. The van der Waals surface area contributed by atoms with Crippen LogP contribution in [0.2, 0.25) is 0 Å². The van der Waals surface area contributed by atoms with Crippen molar-refractivity contribution in [2.75, 3.05) is 39.8 Å². The van der Waals surface area contributed by atoms with Crippen molar-refractivity contribution in [1.82, 2.24) is 36.8 Å². The number of hydrogen-bond donors (Lipinski definition) is 10. The number of nitrogens with one attached hydrogen (secondary N) is 6. The lowest BCUT2D eigenvalue weighted by molar-refractivity contribution is -0.311. The number of carbonyl (C=O) groups excluding carboxylic acids is 6. The molecule has 0 aromatic rings. The van der Waals surface area contributed by atoms with E-state index in [1.165, 1.54) is 14.0 Å². The Kier molecular flexibility index (Phi) is 22.9. The van der Waals surface area contributed by atoms with Gasteiger partial charge in [0.1, 0.15) is 69.9 Å². The molecule has 1 aliphatic carbocycles. The Morgan fingerprint density at radius 2 is 1.12 bits per heavy atom. The van der Waals surface area contributed by atoms with E-state index in [1.54, 1.807) is 110 Å². The summed E-state index contributed by atoms with van der Waals surface area (Å²) in [6.07, 6.45) is -15.0. The van der Waals surface area contributed by atoms with Crippen LogP contribution >= 0.6 is 0 Å². The van der Waals surface area contributed by atoms with E-state index < -0.39 is 156 Å². The van der Waals surface area contributed by atoms with Crippen molar-refractivity contribution in [2.24, 2.45) is 5.41 Å². The average molecular weight is 1120 g/mol. The van der Waals surface area contributed by atoms with Crippen LogP contribution < -0.4 is 31.9 Å². The van der Waals surface area contributed by atoms with Crippen molar-refractivity contribution >= 4 is 36.4 Å². The summed E-state index contributed by atoms with van der Waals surface area (Å²) in [4.78, 5) is 80.2. The molecule has 0 unspecified atom stereocenters. The Morgan fingerprint density at radius 1 is 0.654 bits per heavy atom. The van der Waals surface area contributed by atoms with Crippen molar-refractivity contribution in [3.05, 3.63) is 11.8 Å². The first-order valence-electron chi connectivity index (χ1n) is 26.3. The lowest BCUT2D eigenvalue weighted by atomic mass is 9.82. The molecule has 450 valence electrons. The first-order valence-corrected chi connectivity index (χ1v) is 26.3. The zero-order valence-corrected chi connectivity index (χ0v) is 49.2. The molecule has 2 fully saturated rings. The highest BCUT2D eigenvalue weighted by molar-refractivity contribution is 5.82. The summed E-state index contributed by atoms with van der Waals surface area (Å²) in [6, 6.07) is -5.17. The molecule has 2 heterocycles. The Hall–Kier alpha value is -4.96. The molecule has 10 N–H and O–H groups in total. The lowest BCUT2D eigenvalue weighted by Gasteiger charge is -2.50. The van der Waals surface area contributed by atoms with Gasteiger partial charge in [-0.1, -0.05) is 13.8 Å². The molecule has 0 aromatic heterocycles. The second kappa shape index (κ2) is 26.5. The van der Waals surface area contributed by atoms with Crippen molar-refractivity contribution in [3.63, 3.8) is 0 Å². The van der Waals surface area contributed by atoms with Crippen LogP contribution in [0.4, 0.5) is 24.0 Å². The quantitative estimate of drug-likeness (QED) is 0.0935. The smallest absolute Gasteiger partial charge is 0.410 e. The monoisotopic (exact) mass is 1120 g/mol. The van der Waals surface area contributed by atoms with E-state index >= 15 is 0 Å². The van der Waals surface area contributed by atoms with Crippen molar-refractivity contribution in [3.8, 4) is 0 Å². The minimum absolute atomic E-state index is 0.0971. The summed E-state index contributed by atoms with van der Waals surface area (Å²) in [7, 11) is 1.30. The summed E-state index contributed by atoms with van der Waals surface area (Å²) in [5.41, 5.74) is -6.90. The highest BCUT2D eigenvalue weighted by Crippen LogP contribution is 2.35. The lowest BCUT2D eigenvalue weighted by Crippen LogP contribution is -2.71. The molecular weight excluding hydrogens is 1030 g/mol. The van der Waals surface area contributed by atoms with Gasteiger partial charge >= 0.3 is 30.5 Å². The van der Waals surface area contributed by atoms with Crippen LogP contribution in [-0.2, 0) is 47.4 Å². The molecule has 1 saturated heterocycles. The van der Waals surface area contributed by atoms with Crippen molar-refractivity contribution in [2.45, 2.75) is 238 Å². The number of aliphatic hydroxyl groups excluding tert-OH is 3. The predicted octanol–water partition coefficient (Wildman–Crippen LogP) is 3.15. The average Bonchev–Trinajstić information content (AvgIpc) is 3.23. The summed E-state index contributed by atoms with van der Waals surface area (Å²) < 4.78 is 52.7. The van der Waals surface area contributed by atoms with E-state index in [4.69, 9.17) is 42.6 Å². The van der Waals surface area contributed by atoms with E-state index in [9.17, 15) is 49.2 Å². The molecular formula is C52H93N7O19. The number of likely N-dealkylation sites (N-methyl/N-ethyl adjacent to an activating group) is 1. The topological polar surface area (TPSA) is 342 Å². The van der Waals surface area contributed by atoms with Gasteiger partial charge in [-0.15, -0.1) is 0 Å². The van der Waals surface area contributed by atoms with Gasteiger partial charge in [-0.05, 0) is 135 Å². The molecule has 6 amide bonds. The maximum atomic E-state index is 13.9. The van der Waals surface area contributed by atoms with Gasteiger partial charge in [0.15, 0.2) is 6.29 Å². The minimum atomic E-state index is -1.95. The molecule has 12 atom stereocenters. The van der Waals surface area contributed by atoms with E-state index in [-0.39, 0.29) is 25.9 Å². The number of ether oxygens (including phenoxy) is 9. The fraction of sp³-hybridized carbons (Fsp3) is 0.846. The van der Waals surface area contributed by atoms with Gasteiger partial charge in [0, 0.05) is 20.1 Å². The molecule has 2 aliphatic heterocycles. The van der Waals surface area contributed by atoms with Gasteiger partial charge in [-0.2, -0.15) is 0 Å². The largest absolute Gasteiger partial charge is 0.466 e. The SMILES string of the molecule is CN(C(=O)OC(C)(C)C)[C@@H]1[C@@H](O)[C@@H](O[C@@H]2[C@@H](O)[C@H](O[C@H]3OC(CNCC(C)(C)CNC(=O)OC(C)(C)C)=CC[C@H]3NC(=O)OC(C)(C)C)[C@@H](NC(=O)OC(C)(C)C)C[C@H]2NC(=O)[C@@H](O)CNC(=O)OC(C)(C)C)OC[C@]1(C)O. The first-order chi connectivity index (χ1) is 35.3. The molecule has 26 heteroatoms. The van der Waals surface area contributed by atoms with Crippen molar-refractivity contribution in [1.29, 1.82) is 0 Å². The number of alkyl carbamates (subject to hydrolysis) is 4. The maximum Gasteiger partial charge on any atom is 0.410 e. The van der Waals surface area contributed by atoms with Gasteiger partial charge in [0.25, 0.3) is 5.91 Å². The fourth-order valence-corrected chi connectivity index (χ4v) is 8.32. The Morgan fingerprint density at radius 3 is 1.63 bits per heavy atom. The summed E-state index contributed by atoms with van der Waals surface area (Å²) in [6.45, 7) is 29.7. The summed E-state index contributed by atoms with van der Waals surface area (Å²) >= 11 is 0. The van der Waals surface area contributed by atoms with Gasteiger partial charge in [0.05, 0.1) is 43.9 Å². The van der Waals surface area contributed by atoms with Crippen LogP contribution in [-0.4, -0.2) is 202 Å². The van der Waals surface area contributed by atoms with Crippen LogP contribution in [0.5, 0.6) is 0 Å². The highest BCUT2D eigenvalue weighted by Gasteiger charge is 2.55. The highest BCUT2D eigenvalue weighted by atomic mass is 16.7. The number of amides is 6. The molecule has 3 rings (SSSR count). The third kappa shape index (κ3) is 23.0. The molecule has 26 nitrogen and oxygen atoms in total. The van der Waals surface area contributed by atoms with Crippen LogP contribution in [0, 0.1) is 5.41 Å². The van der Waals surface area contributed by atoms with Gasteiger partial charge < -0.3 is 99.9 Å². The van der Waals surface area contributed by atoms with Crippen LogP contribution in [0.15, 0.2) is 11.8 Å². The molecule has 0 spiro atoms. The van der Waals surface area contributed by atoms with Crippen LogP contribution in [0.1, 0.15) is 137 Å². The Labute approximate surface area is 459 Å². The molecule has 0 bridgehead atoms. The van der Waals surface area contributed by atoms with Crippen LogP contribution in [0.25, 0.3) is 0 Å². The zero-order valence-electron chi connectivity index (χ0n) is 49.2. The van der Waals surface area contributed by atoms with Crippen LogP contribution in [0.3, 0.4) is 0 Å². The number of nitrogens with zero attached hydrogens (tertiary/aromatic N) is 1.